The molecule has 0 amide bonds. The van der Waals surface area contributed by atoms with Crippen molar-refractivity contribution in [2.24, 2.45) is 0 Å². The molecule has 4 nitrogen and oxygen atoms in total. The fourth-order valence-electron chi connectivity index (χ4n) is 2.82. The Bertz CT molecular complexity index is 1030. The third-order valence-corrected chi connectivity index (χ3v) is 6.87. The van der Waals surface area contributed by atoms with Crippen LogP contribution in [0.2, 0.25) is 0 Å². The molecule has 4 aromatic rings. The number of nitrogens with zero attached hydrogens (tertiary/aromatic N) is 4. The minimum Gasteiger partial charge on any atom is -0.299 e. The summed E-state index contributed by atoms with van der Waals surface area (Å²) < 4.78 is 2.22. The molecular weight excluding hydrogens is 392 g/mol. The lowest BCUT2D eigenvalue weighted by molar-refractivity contribution is 0.555. The summed E-state index contributed by atoms with van der Waals surface area (Å²) in [5.41, 5.74) is 3.39. The van der Waals surface area contributed by atoms with E-state index in [1.807, 2.05) is 18.2 Å². The summed E-state index contributed by atoms with van der Waals surface area (Å²) in [6, 6.07) is 12.8. The number of thiophene rings is 1. The second-order valence-electron chi connectivity index (χ2n) is 6.51. The Morgan fingerprint density at radius 2 is 1.85 bits per heavy atom. The molecule has 0 aliphatic heterocycles. The monoisotopic (exact) mass is 412 g/mol. The Balaban J connectivity index is 1.54. The number of thiazole rings is 1. The average Bonchev–Trinajstić information content (AvgIpc) is 3.39. The summed E-state index contributed by atoms with van der Waals surface area (Å²) in [5, 5.41) is 15.2. The van der Waals surface area contributed by atoms with Gasteiger partial charge in [0.05, 0.1) is 5.69 Å². The lowest BCUT2D eigenvalue weighted by Gasteiger charge is -2.12. The zero-order chi connectivity index (χ0) is 18.8. The van der Waals surface area contributed by atoms with Crippen molar-refractivity contribution in [3.8, 4) is 22.0 Å². The Labute approximate surface area is 171 Å². The van der Waals surface area contributed by atoms with Crippen molar-refractivity contribution in [2.75, 3.05) is 0 Å². The summed E-state index contributed by atoms with van der Waals surface area (Å²) in [6.45, 7) is 6.46. The second-order valence-corrected chi connectivity index (χ2v) is 9.43. The summed E-state index contributed by atoms with van der Waals surface area (Å²) >= 11 is 5.13. The van der Waals surface area contributed by atoms with Crippen molar-refractivity contribution in [2.45, 2.75) is 37.7 Å². The molecule has 7 heteroatoms. The molecule has 4 rings (SSSR count). The zero-order valence-corrected chi connectivity index (χ0v) is 17.9. The third kappa shape index (κ3) is 4.00. The van der Waals surface area contributed by atoms with Crippen LogP contribution in [0.1, 0.15) is 30.5 Å². The lowest BCUT2D eigenvalue weighted by Crippen LogP contribution is -2.04. The molecule has 0 aliphatic rings. The Hall–Kier alpha value is -1.96. The molecule has 0 atom stereocenters. The second kappa shape index (κ2) is 7.96. The highest BCUT2D eigenvalue weighted by molar-refractivity contribution is 7.98. The molecule has 0 spiro atoms. The van der Waals surface area contributed by atoms with Gasteiger partial charge in [-0.05, 0) is 26.8 Å². The predicted molar refractivity (Wildman–Crippen MR) is 116 cm³/mol. The molecule has 0 saturated heterocycles. The first-order valence-electron chi connectivity index (χ1n) is 8.75. The number of benzene rings is 1. The van der Waals surface area contributed by atoms with Crippen LogP contribution >= 0.6 is 34.4 Å². The fraction of sp³-hybridized carbons (Fsp3) is 0.250. The molecule has 0 unspecified atom stereocenters. The zero-order valence-electron chi connectivity index (χ0n) is 15.4. The minimum atomic E-state index is 0.299. The van der Waals surface area contributed by atoms with E-state index in [0.29, 0.717) is 6.04 Å². The van der Waals surface area contributed by atoms with Crippen molar-refractivity contribution in [1.82, 2.24) is 19.7 Å². The van der Waals surface area contributed by atoms with Crippen LogP contribution in [-0.4, -0.2) is 19.7 Å². The summed E-state index contributed by atoms with van der Waals surface area (Å²) in [4.78, 5) is 6.07. The van der Waals surface area contributed by atoms with Gasteiger partial charge < -0.3 is 0 Å². The molecule has 0 fully saturated rings. The van der Waals surface area contributed by atoms with E-state index < -0.39 is 0 Å². The highest BCUT2D eigenvalue weighted by Gasteiger charge is 2.18. The topological polar surface area (TPSA) is 43.6 Å². The van der Waals surface area contributed by atoms with Crippen molar-refractivity contribution in [1.29, 1.82) is 0 Å². The number of rotatable bonds is 6. The number of hydrogen-bond donors (Lipinski definition) is 0. The van der Waals surface area contributed by atoms with Crippen LogP contribution in [0.4, 0.5) is 0 Å². The van der Waals surface area contributed by atoms with E-state index in [1.165, 1.54) is 10.4 Å². The van der Waals surface area contributed by atoms with E-state index in [4.69, 9.17) is 4.98 Å². The molecule has 27 heavy (non-hydrogen) atoms. The molecule has 138 valence electrons. The van der Waals surface area contributed by atoms with Gasteiger partial charge in [0.15, 0.2) is 11.0 Å². The molecule has 0 aliphatic carbocycles. The molecule has 0 bridgehead atoms. The van der Waals surface area contributed by atoms with Crippen LogP contribution in [0, 0.1) is 6.92 Å². The Morgan fingerprint density at radius 1 is 1.04 bits per heavy atom. The Morgan fingerprint density at radius 3 is 2.56 bits per heavy atom. The van der Waals surface area contributed by atoms with Gasteiger partial charge in [-0.1, -0.05) is 42.1 Å². The van der Waals surface area contributed by atoms with Gasteiger partial charge in [-0.2, -0.15) is 0 Å². The maximum atomic E-state index is 4.78. The quantitative estimate of drug-likeness (QED) is 0.348. The van der Waals surface area contributed by atoms with E-state index in [9.17, 15) is 0 Å². The largest absolute Gasteiger partial charge is 0.299 e. The van der Waals surface area contributed by atoms with Crippen molar-refractivity contribution in [3.05, 3.63) is 57.7 Å². The van der Waals surface area contributed by atoms with E-state index in [2.05, 4.69) is 64.5 Å². The average molecular weight is 413 g/mol. The molecule has 3 aromatic heterocycles. The van der Waals surface area contributed by atoms with Crippen LogP contribution in [0.3, 0.4) is 0 Å². The SMILES string of the molecule is Cc1cc(-c2nnc(SCc3csc(-c4ccccc4)n3)n2C(C)C)cs1. The highest BCUT2D eigenvalue weighted by Crippen LogP contribution is 2.32. The molecule has 1 aromatic carbocycles. The van der Waals surface area contributed by atoms with Crippen LogP contribution < -0.4 is 0 Å². The first-order chi connectivity index (χ1) is 13.1. The molecule has 0 saturated carbocycles. The first kappa shape index (κ1) is 18.4. The fourth-order valence-corrected chi connectivity index (χ4v) is 5.40. The summed E-state index contributed by atoms with van der Waals surface area (Å²) in [7, 11) is 0. The highest BCUT2D eigenvalue weighted by atomic mass is 32.2. The maximum absolute atomic E-state index is 4.78. The van der Waals surface area contributed by atoms with E-state index >= 15 is 0 Å². The standard InChI is InChI=1S/C20H20N4S3/c1-13(2)24-18(16-9-14(3)25-10-16)22-23-20(24)27-12-17-11-26-19(21-17)15-7-5-4-6-8-15/h4-11,13H,12H2,1-3H3. The van der Waals surface area contributed by atoms with Gasteiger partial charge in [-0.15, -0.1) is 32.9 Å². The number of thioether (sulfide) groups is 1. The lowest BCUT2D eigenvalue weighted by atomic mass is 10.2. The minimum absolute atomic E-state index is 0.299. The maximum Gasteiger partial charge on any atom is 0.192 e. The molecule has 0 radical (unpaired) electrons. The van der Waals surface area contributed by atoms with Crippen molar-refractivity contribution in [3.63, 3.8) is 0 Å². The van der Waals surface area contributed by atoms with Gasteiger partial charge in [-0.3, -0.25) is 4.57 Å². The Kier molecular flexibility index (Phi) is 5.43. The van der Waals surface area contributed by atoms with E-state index in [0.717, 1.165) is 33.0 Å². The van der Waals surface area contributed by atoms with Gasteiger partial charge >= 0.3 is 0 Å². The van der Waals surface area contributed by atoms with E-state index in [1.54, 1.807) is 34.4 Å². The predicted octanol–water partition coefficient (Wildman–Crippen LogP) is 6.31. The summed E-state index contributed by atoms with van der Waals surface area (Å²) in [5.74, 6) is 1.73. The number of aromatic nitrogens is 4. The number of hydrogen-bond acceptors (Lipinski definition) is 6. The van der Waals surface area contributed by atoms with E-state index in [-0.39, 0.29) is 0 Å². The van der Waals surface area contributed by atoms with Gasteiger partial charge in [0, 0.05) is 38.6 Å². The first-order valence-corrected chi connectivity index (χ1v) is 11.5. The van der Waals surface area contributed by atoms with Gasteiger partial charge in [-0.25, -0.2) is 4.98 Å². The summed E-state index contributed by atoms with van der Waals surface area (Å²) in [6.07, 6.45) is 0. The van der Waals surface area contributed by atoms with Crippen LogP contribution in [0.5, 0.6) is 0 Å². The van der Waals surface area contributed by atoms with Crippen molar-refractivity contribution < 1.29 is 0 Å². The molecular formula is C20H20N4S3. The van der Waals surface area contributed by atoms with Crippen LogP contribution in [0.15, 0.2) is 52.3 Å². The molecule has 3 heterocycles. The van der Waals surface area contributed by atoms with Gasteiger partial charge in [0.2, 0.25) is 0 Å². The van der Waals surface area contributed by atoms with Crippen LogP contribution in [0.25, 0.3) is 22.0 Å². The number of aryl methyl sites for hydroxylation is 1. The molecule has 0 N–H and O–H groups in total. The van der Waals surface area contributed by atoms with Crippen LogP contribution in [-0.2, 0) is 5.75 Å². The van der Waals surface area contributed by atoms with Gasteiger partial charge in [0.1, 0.15) is 5.01 Å². The smallest absolute Gasteiger partial charge is 0.192 e. The van der Waals surface area contributed by atoms with Gasteiger partial charge in [0.25, 0.3) is 0 Å². The van der Waals surface area contributed by atoms with Crippen molar-refractivity contribution >= 4 is 34.4 Å². The normalized spacial score (nSPS) is 11.4. The third-order valence-electron chi connectivity index (χ3n) is 4.09.